The normalized spacial score (nSPS) is 10.7. The van der Waals surface area contributed by atoms with Crippen LogP contribution in [0.25, 0.3) is 0 Å². The molecule has 2 aromatic carbocycles. The average Bonchev–Trinajstić information content (AvgIpc) is 2.42. The fourth-order valence-corrected chi connectivity index (χ4v) is 2.02. The van der Waals surface area contributed by atoms with Gasteiger partial charge in [-0.05, 0) is 23.3 Å². The standard InChI is InChI=1S/C15H14ClF2N/c16-8-11-3-1-4-12(7-11)9-19-10-13-14(17)5-2-6-15(13)18/h1-7,19H,8-10H2. The monoisotopic (exact) mass is 281 g/mol. The van der Waals surface area contributed by atoms with Crippen LogP contribution in [0.2, 0.25) is 0 Å². The number of alkyl halides is 1. The first-order valence-corrected chi connectivity index (χ1v) is 6.51. The van der Waals surface area contributed by atoms with Gasteiger partial charge in [0.2, 0.25) is 0 Å². The maximum atomic E-state index is 13.4. The summed E-state index contributed by atoms with van der Waals surface area (Å²) >= 11 is 5.75. The molecule has 0 aliphatic rings. The molecule has 2 aromatic rings. The van der Waals surface area contributed by atoms with Crippen LogP contribution >= 0.6 is 11.6 Å². The van der Waals surface area contributed by atoms with Gasteiger partial charge in [-0.15, -0.1) is 11.6 Å². The van der Waals surface area contributed by atoms with Gasteiger partial charge in [-0.3, -0.25) is 0 Å². The van der Waals surface area contributed by atoms with E-state index in [9.17, 15) is 8.78 Å². The summed E-state index contributed by atoms with van der Waals surface area (Å²) in [6, 6.07) is 11.6. The van der Waals surface area contributed by atoms with Gasteiger partial charge >= 0.3 is 0 Å². The van der Waals surface area contributed by atoms with E-state index < -0.39 is 11.6 Å². The van der Waals surface area contributed by atoms with Crippen LogP contribution in [0.5, 0.6) is 0 Å². The molecule has 0 amide bonds. The van der Waals surface area contributed by atoms with Crippen molar-refractivity contribution in [1.82, 2.24) is 5.32 Å². The molecule has 0 atom stereocenters. The molecule has 0 saturated heterocycles. The Hall–Kier alpha value is -1.45. The van der Waals surface area contributed by atoms with Crippen LogP contribution in [0, 0.1) is 11.6 Å². The van der Waals surface area contributed by atoms with E-state index in [4.69, 9.17) is 11.6 Å². The fraction of sp³-hybridized carbons (Fsp3) is 0.200. The van der Waals surface area contributed by atoms with Gasteiger partial charge in [-0.25, -0.2) is 8.78 Å². The summed E-state index contributed by atoms with van der Waals surface area (Å²) in [4.78, 5) is 0. The predicted molar refractivity (Wildman–Crippen MR) is 72.9 cm³/mol. The second-order valence-electron chi connectivity index (χ2n) is 4.26. The minimum absolute atomic E-state index is 0.0657. The molecule has 0 aliphatic heterocycles. The molecular formula is C15H14ClF2N. The third-order valence-electron chi connectivity index (χ3n) is 2.84. The Labute approximate surface area is 116 Å². The van der Waals surface area contributed by atoms with E-state index in [0.29, 0.717) is 12.4 Å². The number of benzene rings is 2. The summed E-state index contributed by atoms with van der Waals surface area (Å²) in [6.07, 6.45) is 0. The van der Waals surface area contributed by atoms with Gasteiger partial charge in [0.05, 0.1) is 0 Å². The molecule has 0 fully saturated rings. The van der Waals surface area contributed by atoms with Crippen LogP contribution in [0.4, 0.5) is 8.78 Å². The van der Waals surface area contributed by atoms with Gasteiger partial charge in [-0.2, -0.15) is 0 Å². The van der Waals surface area contributed by atoms with Crippen LogP contribution in [0.3, 0.4) is 0 Å². The zero-order valence-electron chi connectivity index (χ0n) is 10.3. The van der Waals surface area contributed by atoms with Crippen LogP contribution in [-0.2, 0) is 19.0 Å². The zero-order valence-corrected chi connectivity index (χ0v) is 11.1. The molecule has 19 heavy (non-hydrogen) atoms. The predicted octanol–water partition coefficient (Wildman–Crippen LogP) is 3.99. The molecule has 0 bridgehead atoms. The molecule has 4 heteroatoms. The van der Waals surface area contributed by atoms with Crippen molar-refractivity contribution in [3.05, 3.63) is 70.8 Å². The number of hydrogen-bond donors (Lipinski definition) is 1. The summed E-state index contributed by atoms with van der Waals surface area (Å²) < 4.78 is 26.8. The maximum Gasteiger partial charge on any atom is 0.130 e. The first kappa shape index (κ1) is 14.0. The largest absolute Gasteiger partial charge is 0.308 e. The van der Waals surface area contributed by atoms with Crippen molar-refractivity contribution in [3.8, 4) is 0 Å². The van der Waals surface area contributed by atoms with Crippen LogP contribution in [-0.4, -0.2) is 0 Å². The summed E-state index contributed by atoms with van der Waals surface area (Å²) in [6.45, 7) is 0.697. The van der Waals surface area contributed by atoms with Crippen molar-refractivity contribution in [1.29, 1.82) is 0 Å². The lowest BCUT2D eigenvalue weighted by molar-refractivity contribution is 0.535. The van der Waals surface area contributed by atoms with E-state index in [1.54, 1.807) is 0 Å². The Bertz CT molecular complexity index is 537. The third kappa shape index (κ3) is 3.75. The topological polar surface area (TPSA) is 12.0 Å². The Kier molecular flexibility index (Phi) is 4.88. The molecule has 0 aromatic heterocycles. The fourth-order valence-electron chi connectivity index (χ4n) is 1.86. The first-order valence-electron chi connectivity index (χ1n) is 5.98. The number of rotatable bonds is 5. The third-order valence-corrected chi connectivity index (χ3v) is 3.15. The van der Waals surface area contributed by atoms with Gasteiger partial charge in [0.15, 0.2) is 0 Å². The molecule has 1 N–H and O–H groups in total. The molecule has 0 aliphatic carbocycles. The summed E-state index contributed by atoms with van der Waals surface area (Å²) in [5.74, 6) is -0.598. The van der Waals surface area contributed by atoms with Crippen molar-refractivity contribution >= 4 is 11.6 Å². The van der Waals surface area contributed by atoms with E-state index in [2.05, 4.69) is 5.32 Å². The van der Waals surface area contributed by atoms with Crippen molar-refractivity contribution in [3.63, 3.8) is 0 Å². The highest BCUT2D eigenvalue weighted by Crippen LogP contribution is 2.12. The van der Waals surface area contributed by atoms with Gasteiger partial charge in [0.25, 0.3) is 0 Å². The molecule has 1 nitrogen and oxygen atoms in total. The smallest absolute Gasteiger partial charge is 0.130 e. The van der Waals surface area contributed by atoms with Crippen LogP contribution in [0.15, 0.2) is 42.5 Å². The molecule has 100 valence electrons. The summed E-state index contributed by atoms with van der Waals surface area (Å²) in [5, 5.41) is 3.03. The van der Waals surface area contributed by atoms with E-state index >= 15 is 0 Å². The molecule has 0 unspecified atom stereocenters. The Balaban J connectivity index is 1.96. The zero-order chi connectivity index (χ0) is 13.7. The summed E-state index contributed by atoms with van der Waals surface area (Å²) in [7, 11) is 0. The van der Waals surface area contributed by atoms with Gasteiger partial charge in [0, 0.05) is 24.5 Å². The lowest BCUT2D eigenvalue weighted by Gasteiger charge is -2.08. The maximum absolute atomic E-state index is 13.4. The van der Waals surface area contributed by atoms with Crippen LogP contribution < -0.4 is 5.32 Å². The molecule has 0 saturated carbocycles. The molecule has 0 spiro atoms. The van der Waals surface area contributed by atoms with E-state index in [0.717, 1.165) is 11.1 Å². The second kappa shape index (κ2) is 6.64. The van der Waals surface area contributed by atoms with Crippen molar-refractivity contribution < 1.29 is 8.78 Å². The highest BCUT2D eigenvalue weighted by Gasteiger charge is 2.07. The minimum atomic E-state index is -0.526. The van der Waals surface area contributed by atoms with E-state index in [1.807, 2.05) is 24.3 Å². The Morgan fingerprint density at radius 3 is 2.21 bits per heavy atom. The van der Waals surface area contributed by atoms with Crippen molar-refractivity contribution in [2.45, 2.75) is 19.0 Å². The molecule has 0 heterocycles. The summed E-state index contributed by atoms with van der Waals surface area (Å²) in [5.41, 5.74) is 2.13. The van der Waals surface area contributed by atoms with Crippen LogP contribution in [0.1, 0.15) is 16.7 Å². The minimum Gasteiger partial charge on any atom is -0.308 e. The lowest BCUT2D eigenvalue weighted by atomic mass is 10.1. The second-order valence-corrected chi connectivity index (χ2v) is 4.52. The molecule has 0 radical (unpaired) electrons. The molecule has 2 rings (SSSR count). The number of halogens is 3. The highest BCUT2D eigenvalue weighted by atomic mass is 35.5. The average molecular weight is 282 g/mol. The lowest BCUT2D eigenvalue weighted by Crippen LogP contribution is -2.15. The Morgan fingerprint density at radius 1 is 0.895 bits per heavy atom. The highest BCUT2D eigenvalue weighted by molar-refractivity contribution is 6.17. The number of nitrogens with one attached hydrogen (secondary N) is 1. The SMILES string of the molecule is Fc1cccc(F)c1CNCc1cccc(CCl)c1. The number of hydrogen-bond acceptors (Lipinski definition) is 1. The Morgan fingerprint density at radius 2 is 1.53 bits per heavy atom. The molecular weight excluding hydrogens is 268 g/mol. The van der Waals surface area contributed by atoms with Crippen molar-refractivity contribution in [2.24, 2.45) is 0 Å². The van der Waals surface area contributed by atoms with Gasteiger partial charge < -0.3 is 5.32 Å². The van der Waals surface area contributed by atoms with Gasteiger partial charge in [0.1, 0.15) is 11.6 Å². The van der Waals surface area contributed by atoms with E-state index in [-0.39, 0.29) is 12.1 Å². The quantitative estimate of drug-likeness (QED) is 0.817. The first-order chi connectivity index (χ1) is 9.20. The van der Waals surface area contributed by atoms with Gasteiger partial charge in [-0.1, -0.05) is 30.3 Å². The van der Waals surface area contributed by atoms with Crippen molar-refractivity contribution in [2.75, 3.05) is 0 Å². The van der Waals surface area contributed by atoms with E-state index in [1.165, 1.54) is 18.2 Å².